The second kappa shape index (κ2) is 10.4. The van der Waals surface area contributed by atoms with Crippen molar-refractivity contribution in [1.29, 1.82) is 0 Å². The molecule has 0 bridgehead atoms. The number of fused-ring (bicyclic) bond motifs is 8. The lowest BCUT2D eigenvalue weighted by molar-refractivity contribution is 0.542. The number of hydrogen-bond acceptors (Lipinski definition) is 2. The number of hydrogen-bond donors (Lipinski definition) is 0. The summed E-state index contributed by atoms with van der Waals surface area (Å²) in [6, 6.07) is 46.0. The molecule has 6 aromatic carbocycles. The number of imidazole rings is 1. The molecule has 0 saturated heterocycles. The molecule has 9 rings (SSSR count). The lowest BCUT2D eigenvalue weighted by Gasteiger charge is -2.21. The van der Waals surface area contributed by atoms with Crippen molar-refractivity contribution >= 4 is 49.4 Å². The highest BCUT2D eigenvalue weighted by Crippen LogP contribution is 2.40. The maximum Gasteiger partial charge on any atom is 0.148 e. The molecule has 232 valence electrons. The van der Waals surface area contributed by atoms with Gasteiger partial charge in [-0.1, -0.05) is 93.6 Å². The molecular weight excluding hydrogens is 585 g/mol. The summed E-state index contributed by atoms with van der Waals surface area (Å²) in [7, 11) is 0. The van der Waals surface area contributed by atoms with Crippen LogP contribution in [0, 0.1) is 13.8 Å². The van der Waals surface area contributed by atoms with Crippen LogP contribution in [0.1, 0.15) is 37.7 Å². The molecule has 0 fully saturated rings. The Bertz CT molecular complexity index is 2710. The zero-order chi connectivity index (χ0) is 32.7. The van der Waals surface area contributed by atoms with Gasteiger partial charge in [-0.3, -0.25) is 4.40 Å². The minimum absolute atomic E-state index is 0.202. The van der Waals surface area contributed by atoms with Gasteiger partial charge in [-0.15, -0.1) is 0 Å². The summed E-state index contributed by atoms with van der Waals surface area (Å²) in [6.45, 7) is 11.1. The van der Waals surface area contributed by atoms with Crippen molar-refractivity contribution in [2.45, 2.75) is 40.0 Å². The van der Waals surface area contributed by atoms with Crippen molar-refractivity contribution < 1.29 is 0 Å². The first-order valence-corrected chi connectivity index (χ1v) is 16.7. The lowest BCUT2D eigenvalue weighted by Crippen LogP contribution is -2.19. The van der Waals surface area contributed by atoms with Crippen LogP contribution in [-0.4, -0.2) is 18.9 Å². The summed E-state index contributed by atoms with van der Waals surface area (Å²) in [5.74, 6) is 1.01. The molecule has 3 aromatic heterocycles. The zero-order valence-electron chi connectivity index (χ0n) is 27.9. The van der Waals surface area contributed by atoms with Crippen LogP contribution in [0.5, 0.6) is 0 Å². The second-order valence-corrected chi connectivity index (χ2v) is 14.1. The van der Waals surface area contributed by atoms with Crippen molar-refractivity contribution in [3.05, 3.63) is 144 Å². The van der Waals surface area contributed by atoms with Gasteiger partial charge < -0.3 is 4.57 Å². The Balaban J connectivity index is 1.34. The van der Waals surface area contributed by atoms with Crippen LogP contribution in [0.4, 0.5) is 0 Å². The number of rotatable bonds is 3. The van der Waals surface area contributed by atoms with E-state index in [1.54, 1.807) is 0 Å². The zero-order valence-corrected chi connectivity index (χ0v) is 27.9. The minimum Gasteiger partial charge on any atom is -0.309 e. The van der Waals surface area contributed by atoms with Gasteiger partial charge in [0.2, 0.25) is 0 Å². The van der Waals surface area contributed by atoms with Crippen LogP contribution in [-0.2, 0) is 5.41 Å². The highest BCUT2D eigenvalue weighted by Gasteiger charge is 2.25. The third kappa shape index (κ3) is 4.29. The Hall–Kier alpha value is -5.74. The highest BCUT2D eigenvalue weighted by molar-refractivity contribution is 6.13. The van der Waals surface area contributed by atoms with E-state index in [1.165, 1.54) is 44.1 Å². The van der Waals surface area contributed by atoms with E-state index in [0.717, 1.165) is 50.2 Å². The van der Waals surface area contributed by atoms with Gasteiger partial charge in [0.05, 0.1) is 27.6 Å². The average Bonchev–Trinajstić information content (AvgIpc) is 3.63. The van der Waals surface area contributed by atoms with E-state index in [9.17, 15) is 0 Å². The molecule has 0 aliphatic rings. The van der Waals surface area contributed by atoms with Crippen LogP contribution >= 0.6 is 0 Å². The Morgan fingerprint density at radius 1 is 0.521 bits per heavy atom. The van der Waals surface area contributed by atoms with E-state index >= 15 is 0 Å². The fourth-order valence-electron chi connectivity index (χ4n) is 7.32. The fraction of sp³-hybridized carbons (Fsp3) is 0.136. The normalized spacial score (nSPS) is 12.3. The summed E-state index contributed by atoms with van der Waals surface area (Å²) in [5.41, 5.74) is 14.6. The largest absolute Gasteiger partial charge is 0.309 e. The van der Waals surface area contributed by atoms with Gasteiger partial charge in [0, 0.05) is 32.8 Å². The predicted octanol–water partition coefficient (Wildman–Crippen LogP) is 11.4. The topological polar surface area (TPSA) is 35.1 Å². The van der Waals surface area contributed by atoms with Crippen molar-refractivity contribution in [3.63, 3.8) is 0 Å². The molecule has 0 unspecified atom stereocenters. The van der Waals surface area contributed by atoms with Crippen LogP contribution in [0.25, 0.3) is 77.3 Å². The summed E-state index contributed by atoms with van der Waals surface area (Å²) in [4.78, 5) is 10.7. The number of aromatic nitrogens is 4. The van der Waals surface area contributed by atoms with Gasteiger partial charge in [-0.25, -0.2) is 9.97 Å². The smallest absolute Gasteiger partial charge is 0.148 e. The molecule has 0 atom stereocenters. The monoisotopic (exact) mass is 620 g/mol. The van der Waals surface area contributed by atoms with Crippen LogP contribution in [0.15, 0.2) is 127 Å². The quantitative estimate of drug-likeness (QED) is 0.197. The van der Waals surface area contributed by atoms with Gasteiger partial charge in [0.15, 0.2) is 0 Å². The van der Waals surface area contributed by atoms with Gasteiger partial charge >= 0.3 is 0 Å². The Kier molecular flexibility index (Phi) is 6.16. The first kappa shape index (κ1) is 28.5. The summed E-state index contributed by atoms with van der Waals surface area (Å²) >= 11 is 0. The summed E-state index contributed by atoms with van der Waals surface area (Å²) in [6.07, 6.45) is 0. The van der Waals surface area contributed by atoms with E-state index in [-0.39, 0.29) is 5.41 Å². The van der Waals surface area contributed by atoms with E-state index in [1.807, 2.05) is 0 Å². The molecule has 4 heteroatoms. The van der Waals surface area contributed by atoms with Crippen LogP contribution in [0.3, 0.4) is 0 Å². The Labute approximate surface area is 279 Å². The van der Waals surface area contributed by atoms with E-state index in [4.69, 9.17) is 9.97 Å². The predicted molar refractivity (Wildman–Crippen MR) is 201 cm³/mol. The van der Waals surface area contributed by atoms with Gasteiger partial charge in [-0.2, -0.15) is 0 Å². The molecule has 0 amide bonds. The first-order chi connectivity index (χ1) is 23.3. The number of aryl methyl sites for hydroxylation is 2. The SMILES string of the molecule is Cc1cc2nc3c4cccc(-c5ccc6c(c5)c5cc(-c7ccccc7)ccc5n6-c5ccccc5)c4nc(C(C)(C)C)n3c2cc1C. The third-order valence-electron chi connectivity index (χ3n) is 9.84. The van der Waals surface area contributed by atoms with Crippen molar-refractivity contribution in [2.75, 3.05) is 0 Å². The molecule has 0 aliphatic carbocycles. The second-order valence-electron chi connectivity index (χ2n) is 14.1. The summed E-state index contributed by atoms with van der Waals surface area (Å²) in [5, 5.41) is 3.51. The fourth-order valence-corrected chi connectivity index (χ4v) is 7.32. The molecule has 3 heterocycles. The molecule has 0 N–H and O–H groups in total. The van der Waals surface area contributed by atoms with E-state index < -0.39 is 0 Å². The molecule has 0 spiro atoms. The number of benzene rings is 6. The van der Waals surface area contributed by atoms with Gasteiger partial charge in [0.1, 0.15) is 11.5 Å². The average molecular weight is 621 g/mol. The lowest BCUT2D eigenvalue weighted by atomic mass is 9.94. The Morgan fingerprint density at radius 2 is 1.17 bits per heavy atom. The standard InChI is InChI=1S/C44H36N4/c1-27-23-37-40(24-28(27)2)48-42(45-37)34-18-12-17-33(41(34)46-43(48)44(3,4)5)31-20-22-39-36(26-31)35-25-30(29-13-8-6-9-14-29)19-21-38(35)47(39)32-15-10-7-11-16-32/h6-26H,1-5H3. The van der Waals surface area contributed by atoms with Gasteiger partial charge in [0.25, 0.3) is 0 Å². The van der Waals surface area contributed by atoms with E-state index in [0.29, 0.717) is 0 Å². The molecule has 0 radical (unpaired) electrons. The third-order valence-corrected chi connectivity index (χ3v) is 9.84. The summed E-state index contributed by atoms with van der Waals surface area (Å²) < 4.78 is 4.67. The van der Waals surface area contributed by atoms with Crippen molar-refractivity contribution in [1.82, 2.24) is 18.9 Å². The molecule has 4 nitrogen and oxygen atoms in total. The van der Waals surface area contributed by atoms with E-state index in [2.05, 4.69) is 171 Å². The number of nitrogens with zero attached hydrogens (tertiary/aromatic N) is 4. The molecular formula is C44H36N4. The number of para-hydroxylation sites is 2. The van der Waals surface area contributed by atoms with Crippen LogP contribution < -0.4 is 0 Å². The Morgan fingerprint density at radius 3 is 1.88 bits per heavy atom. The maximum absolute atomic E-state index is 5.49. The molecule has 0 aliphatic heterocycles. The molecule has 48 heavy (non-hydrogen) atoms. The molecule has 0 saturated carbocycles. The first-order valence-electron chi connectivity index (χ1n) is 16.7. The highest BCUT2D eigenvalue weighted by atomic mass is 15.1. The molecule has 9 aromatic rings. The maximum atomic E-state index is 5.49. The van der Waals surface area contributed by atoms with Gasteiger partial charge in [-0.05, 0) is 96.3 Å². The minimum atomic E-state index is -0.202. The van der Waals surface area contributed by atoms with Crippen molar-refractivity contribution in [2.24, 2.45) is 0 Å². The van der Waals surface area contributed by atoms with Crippen molar-refractivity contribution in [3.8, 4) is 27.9 Å². The van der Waals surface area contributed by atoms with Crippen LogP contribution in [0.2, 0.25) is 0 Å².